The van der Waals surface area contributed by atoms with Crippen molar-refractivity contribution in [2.45, 2.75) is 33.6 Å². The number of amides is 1. The third-order valence-corrected chi connectivity index (χ3v) is 5.77. The topological polar surface area (TPSA) is 72.4 Å². The molecule has 0 aromatic carbocycles. The normalized spacial score (nSPS) is 15.8. The zero-order chi connectivity index (χ0) is 17.4. The van der Waals surface area contributed by atoms with Crippen LogP contribution in [0.2, 0.25) is 0 Å². The summed E-state index contributed by atoms with van der Waals surface area (Å²) in [6.07, 6.45) is 1.31. The number of rotatable bonds is 2. The summed E-state index contributed by atoms with van der Waals surface area (Å²) in [5.41, 5.74) is 1.86. The average molecular weight is 347 g/mol. The zero-order valence-corrected chi connectivity index (χ0v) is 15.2. The molecule has 3 rings (SSSR count). The second kappa shape index (κ2) is 6.47. The number of nitrogens with zero attached hydrogens (tertiary/aromatic N) is 3. The van der Waals surface area contributed by atoms with E-state index in [9.17, 15) is 9.59 Å². The standard InChI is InChI=1S/C17H21N3O3S/c1-9-13-10(2)18-11(3)19-15(13)24-14(9)16(21)20-7-5-12(6-8-20)17(22)23-4/h12H,5-8H2,1-4H3. The summed E-state index contributed by atoms with van der Waals surface area (Å²) in [4.78, 5) is 36.8. The van der Waals surface area contributed by atoms with Gasteiger partial charge in [-0.25, -0.2) is 9.97 Å². The van der Waals surface area contributed by atoms with Crippen molar-refractivity contribution in [2.24, 2.45) is 5.92 Å². The summed E-state index contributed by atoms with van der Waals surface area (Å²) in [5, 5.41) is 0.985. The second-order valence-corrected chi connectivity index (χ2v) is 7.18. The highest BCUT2D eigenvalue weighted by molar-refractivity contribution is 7.20. The highest BCUT2D eigenvalue weighted by Gasteiger charge is 2.30. The van der Waals surface area contributed by atoms with Crippen LogP contribution in [0.25, 0.3) is 10.2 Å². The van der Waals surface area contributed by atoms with Crippen molar-refractivity contribution in [2.75, 3.05) is 20.2 Å². The number of thiophene rings is 1. The van der Waals surface area contributed by atoms with Gasteiger partial charge in [-0.3, -0.25) is 9.59 Å². The zero-order valence-electron chi connectivity index (χ0n) is 14.4. The molecule has 1 aliphatic heterocycles. The number of aromatic nitrogens is 2. The predicted octanol–water partition coefficient (Wildman–Crippen LogP) is 2.64. The lowest BCUT2D eigenvalue weighted by atomic mass is 9.97. The number of esters is 1. The number of hydrogen-bond acceptors (Lipinski definition) is 6. The number of methoxy groups -OCH3 is 1. The van der Waals surface area contributed by atoms with Gasteiger partial charge in [0.05, 0.1) is 17.9 Å². The van der Waals surface area contributed by atoms with Crippen molar-refractivity contribution in [3.8, 4) is 0 Å². The molecule has 0 N–H and O–H groups in total. The van der Waals surface area contributed by atoms with Crippen molar-refractivity contribution >= 4 is 33.4 Å². The van der Waals surface area contributed by atoms with E-state index >= 15 is 0 Å². The first-order chi connectivity index (χ1) is 11.4. The summed E-state index contributed by atoms with van der Waals surface area (Å²) < 4.78 is 4.80. The second-order valence-electron chi connectivity index (χ2n) is 6.18. The van der Waals surface area contributed by atoms with E-state index in [-0.39, 0.29) is 17.8 Å². The first kappa shape index (κ1) is 16.8. The van der Waals surface area contributed by atoms with E-state index in [2.05, 4.69) is 9.97 Å². The van der Waals surface area contributed by atoms with E-state index in [1.807, 2.05) is 25.7 Å². The first-order valence-corrected chi connectivity index (χ1v) is 8.85. The number of hydrogen-bond donors (Lipinski definition) is 0. The van der Waals surface area contributed by atoms with Gasteiger partial charge in [-0.15, -0.1) is 11.3 Å². The summed E-state index contributed by atoms with van der Waals surface area (Å²) in [6.45, 7) is 6.93. The highest BCUT2D eigenvalue weighted by atomic mass is 32.1. The highest BCUT2D eigenvalue weighted by Crippen LogP contribution is 2.33. The Kier molecular flexibility index (Phi) is 4.54. The minimum absolute atomic E-state index is 0.0240. The van der Waals surface area contributed by atoms with Crippen LogP contribution in [0.4, 0.5) is 0 Å². The molecule has 1 saturated heterocycles. The minimum atomic E-state index is -0.179. The summed E-state index contributed by atoms with van der Waals surface area (Å²) in [7, 11) is 1.41. The van der Waals surface area contributed by atoms with Crippen LogP contribution >= 0.6 is 11.3 Å². The van der Waals surface area contributed by atoms with Crippen LogP contribution in [0, 0.1) is 26.7 Å². The van der Waals surface area contributed by atoms with Gasteiger partial charge in [0, 0.05) is 24.2 Å². The van der Waals surface area contributed by atoms with E-state index in [1.165, 1.54) is 18.4 Å². The van der Waals surface area contributed by atoms with Gasteiger partial charge in [-0.1, -0.05) is 0 Å². The van der Waals surface area contributed by atoms with Crippen LogP contribution in [0.5, 0.6) is 0 Å². The van der Waals surface area contributed by atoms with Crippen molar-refractivity contribution < 1.29 is 14.3 Å². The molecule has 0 atom stereocenters. The molecule has 128 valence electrons. The lowest BCUT2D eigenvalue weighted by Gasteiger charge is -2.30. The Bertz CT molecular complexity index is 807. The molecule has 0 saturated carbocycles. The van der Waals surface area contributed by atoms with Crippen molar-refractivity contribution in [1.82, 2.24) is 14.9 Å². The van der Waals surface area contributed by atoms with Crippen LogP contribution in [-0.4, -0.2) is 46.9 Å². The summed E-state index contributed by atoms with van der Waals surface area (Å²) >= 11 is 1.43. The number of piperidine rings is 1. The van der Waals surface area contributed by atoms with Crippen molar-refractivity contribution in [3.05, 3.63) is 22.0 Å². The molecule has 3 heterocycles. The SMILES string of the molecule is COC(=O)C1CCN(C(=O)c2sc3nc(C)nc(C)c3c2C)CC1. The molecule has 1 fully saturated rings. The number of carbonyl (C=O) groups is 2. The molecule has 1 aliphatic rings. The molecular weight excluding hydrogens is 326 g/mol. The van der Waals surface area contributed by atoms with Gasteiger partial charge < -0.3 is 9.64 Å². The molecule has 7 heteroatoms. The molecule has 0 unspecified atom stereocenters. The number of fused-ring (bicyclic) bond motifs is 1. The van der Waals surface area contributed by atoms with Gasteiger partial charge in [-0.05, 0) is 39.2 Å². The monoisotopic (exact) mass is 347 g/mol. The van der Waals surface area contributed by atoms with E-state index in [4.69, 9.17) is 4.74 Å². The van der Waals surface area contributed by atoms with E-state index < -0.39 is 0 Å². The van der Waals surface area contributed by atoms with Crippen LogP contribution < -0.4 is 0 Å². The lowest BCUT2D eigenvalue weighted by molar-refractivity contribution is -0.146. The van der Waals surface area contributed by atoms with Gasteiger partial charge in [0.2, 0.25) is 0 Å². The first-order valence-electron chi connectivity index (χ1n) is 8.03. The molecule has 0 spiro atoms. The molecule has 0 radical (unpaired) electrons. The Hall–Kier alpha value is -2.02. The Labute approximate surface area is 144 Å². The van der Waals surface area contributed by atoms with E-state index in [1.54, 1.807) is 0 Å². The van der Waals surface area contributed by atoms with Crippen LogP contribution in [0.1, 0.15) is 39.6 Å². The third-order valence-electron chi connectivity index (χ3n) is 4.59. The number of likely N-dealkylation sites (tertiary alicyclic amines) is 1. The molecule has 2 aromatic rings. The summed E-state index contributed by atoms with van der Waals surface area (Å²) in [6, 6.07) is 0. The number of carbonyl (C=O) groups excluding carboxylic acids is 2. The Morgan fingerprint density at radius 1 is 1.17 bits per heavy atom. The molecule has 6 nitrogen and oxygen atoms in total. The lowest BCUT2D eigenvalue weighted by Crippen LogP contribution is -2.40. The molecule has 1 amide bonds. The van der Waals surface area contributed by atoms with Crippen LogP contribution in [0.3, 0.4) is 0 Å². The van der Waals surface area contributed by atoms with E-state index in [0.29, 0.717) is 25.9 Å². The maximum absolute atomic E-state index is 12.9. The largest absolute Gasteiger partial charge is 0.469 e. The Balaban J connectivity index is 1.84. The van der Waals surface area contributed by atoms with Crippen molar-refractivity contribution in [3.63, 3.8) is 0 Å². The van der Waals surface area contributed by atoms with Gasteiger partial charge in [-0.2, -0.15) is 0 Å². The molecule has 0 aliphatic carbocycles. The molecule has 24 heavy (non-hydrogen) atoms. The van der Waals surface area contributed by atoms with Gasteiger partial charge in [0.25, 0.3) is 5.91 Å². The fourth-order valence-corrected chi connectivity index (χ4v) is 4.55. The third kappa shape index (κ3) is 2.88. The Morgan fingerprint density at radius 2 is 1.83 bits per heavy atom. The average Bonchev–Trinajstić information content (AvgIpc) is 2.90. The molecule has 2 aromatic heterocycles. The van der Waals surface area contributed by atoms with Crippen LogP contribution in [0.15, 0.2) is 0 Å². The fourth-order valence-electron chi connectivity index (χ4n) is 3.31. The van der Waals surface area contributed by atoms with Gasteiger partial charge >= 0.3 is 5.97 Å². The number of aryl methyl sites for hydroxylation is 3. The van der Waals surface area contributed by atoms with Gasteiger partial charge in [0.15, 0.2) is 0 Å². The smallest absolute Gasteiger partial charge is 0.308 e. The maximum atomic E-state index is 12.9. The Morgan fingerprint density at radius 3 is 2.46 bits per heavy atom. The summed E-state index contributed by atoms with van der Waals surface area (Å²) in [5.74, 6) is 0.467. The molecular formula is C17H21N3O3S. The van der Waals surface area contributed by atoms with Gasteiger partial charge in [0.1, 0.15) is 10.7 Å². The predicted molar refractivity (Wildman–Crippen MR) is 92.3 cm³/mol. The quantitative estimate of drug-likeness (QED) is 0.781. The van der Waals surface area contributed by atoms with Crippen LogP contribution in [-0.2, 0) is 9.53 Å². The number of ether oxygens (including phenoxy) is 1. The van der Waals surface area contributed by atoms with Crippen molar-refractivity contribution in [1.29, 1.82) is 0 Å². The van der Waals surface area contributed by atoms with E-state index in [0.717, 1.165) is 32.2 Å². The fraction of sp³-hybridized carbons (Fsp3) is 0.529. The maximum Gasteiger partial charge on any atom is 0.308 e. The molecule has 0 bridgehead atoms. The minimum Gasteiger partial charge on any atom is -0.469 e.